The molecule has 0 amide bonds. The van der Waals surface area contributed by atoms with Gasteiger partial charge in [0.2, 0.25) is 0 Å². The molecular weight excluding hydrogens is 118 g/mol. The second kappa shape index (κ2) is 4.05. The topological polar surface area (TPSA) is 20.2 Å². The molecule has 7 heavy (non-hydrogen) atoms. The van der Waals surface area contributed by atoms with Crippen LogP contribution in [0, 0.1) is 0 Å². The molecule has 0 aromatic carbocycles. The molecule has 1 N–H and O–H groups in total. The van der Waals surface area contributed by atoms with Crippen LogP contribution in [-0.2, 0) is 0 Å². The van der Waals surface area contributed by atoms with Gasteiger partial charge in [-0.15, -0.1) is 0 Å². The van der Waals surface area contributed by atoms with Gasteiger partial charge in [0.25, 0.3) is 0 Å². The van der Waals surface area contributed by atoms with Gasteiger partial charge in [0.1, 0.15) is 0 Å². The standard InChI is InChI=1S/C4H7OP.Na/c5-6-3-1-2-4-6;/h1,3,5H,2,4H2;. The molecule has 0 fully saturated rings. The van der Waals surface area contributed by atoms with E-state index in [4.69, 9.17) is 4.89 Å². The van der Waals surface area contributed by atoms with E-state index in [9.17, 15) is 0 Å². The summed E-state index contributed by atoms with van der Waals surface area (Å²) in [4.78, 5) is 8.71. The minimum atomic E-state index is -0.646. The van der Waals surface area contributed by atoms with Crippen molar-refractivity contribution < 1.29 is 4.89 Å². The molecule has 0 aromatic rings. The third-order valence-electron chi connectivity index (χ3n) is 0.802. The first-order valence-corrected chi connectivity index (χ1v) is 3.56. The first kappa shape index (κ1) is 8.13. The van der Waals surface area contributed by atoms with Crippen LogP contribution < -0.4 is 0 Å². The molecule has 3 heteroatoms. The van der Waals surface area contributed by atoms with Crippen molar-refractivity contribution in [3.8, 4) is 0 Å². The van der Waals surface area contributed by atoms with Gasteiger partial charge in [-0.3, -0.25) is 0 Å². The summed E-state index contributed by atoms with van der Waals surface area (Å²) >= 11 is 0. The smallest absolute Gasteiger partial charge is 0.0489 e. The molecule has 1 radical (unpaired) electrons. The predicted octanol–water partition coefficient (Wildman–Crippen LogP) is 0.912. The monoisotopic (exact) mass is 125 g/mol. The van der Waals surface area contributed by atoms with Gasteiger partial charge in [-0.2, -0.15) is 0 Å². The third kappa shape index (κ3) is 2.84. The van der Waals surface area contributed by atoms with Crippen molar-refractivity contribution in [2.75, 3.05) is 6.16 Å². The predicted molar refractivity (Wildman–Crippen MR) is 33.5 cm³/mol. The molecule has 0 aromatic heterocycles. The number of allylic oxidation sites excluding steroid dienone is 1. The quantitative estimate of drug-likeness (QED) is 0.377. The summed E-state index contributed by atoms with van der Waals surface area (Å²) in [6.45, 7) is 0. The van der Waals surface area contributed by atoms with E-state index in [2.05, 4.69) is 0 Å². The maximum absolute atomic E-state index is 8.71. The summed E-state index contributed by atoms with van der Waals surface area (Å²) in [5.74, 6) is 1.90. The van der Waals surface area contributed by atoms with E-state index in [0.717, 1.165) is 12.6 Å². The zero-order chi connectivity index (χ0) is 4.41. The molecule has 1 heterocycles. The summed E-state index contributed by atoms with van der Waals surface area (Å²) in [5, 5.41) is 0. The fraction of sp³-hybridized carbons (Fsp3) is 0.500. The molecule has 1 atom stereocenters. The molecule has 1 aliphatic heterocycles. The Morgan fingerprint density at radius 1 is 1.57 bits per heavy atom. The van der Waals surface area contributed by atoms with Crippen molar-refractivity contribution in [2.45, 2.75) is 6.42 Å². The summed E-state index contributed by atoms with van der Waals surface area (Å²) in [5.41, 5.74) is 0. The zero-order valence-electron chi connectivity index (χ0n) is 4.46. The van der Waals surface area contributed by atoms with Gasteiger partial charge < -0.3 is 4.89 Å². The van der Waals surface area contributed by atoms with Gasteiger partial charge >= 0.3 is 0 Å². The molecule has 0 spiro atoms. The van der Waals surface area contributed by atoms with E-state index in [1.165, 1.54) is 0 Å². The first-order valence-electron chi connectivity index (χ1n) is 2.02. The van der Waals surface area contributed by atoms with Crippen LogP contribution in [0.4, 0.5) is 0 Å². The molecule has 0 saturated heterocycles. The van der Waals surface area contributed by atoms with Crippen LogP contribution in [0.5, 0.6) is 0 Å². The Bertz CT molecular complexity index is 74.1. The average molecular weight is 125 g/mol. The summed E-state index contributed by atoms with van der Waals surface area (Å²) in [6, 6.07) is 0. The van der Waals surface area contributed by atoms with E-state index >= 15 is 0 Å². The largest absolute Gasteiger partial charge is 0.370 e. The Morgan fingerprint density at radius 2 is 2.29 bits per heavy atom. The van der Waals surface area contributed by atoms with Gasteiger partial charge in [0.15, 0.2) is 0 Å². The fourth-order valence-corrected chi connectivity index (χ4v) is 1.43. The molecule has 35 valence electrons. The molecule has 0 bridgehead atoms. The SMILES string of the molecule is OP1C=CCC1.[Na]. The summed E-state index contributed by atoms with van der Waals surface area (Å²) in [6.07, 6.45) is 4.11. The molecule has 0 saturated carbocycles. The van der Waals surface area contributed by atoms with Crippen molar-refractivity contribution in [2.24, 2.45) is 0 Å². The van der Waals surface area contributed by atoms with Crippen LogP contribution in [-0.4, -0.2) is 40.6 Å². The fourth-order valence-electron chi connectivity index (χ4n) is 0.478. The van der Waals surface area contributed by atoms with Crippen LogP contribution in [0.3, 0.4) is 0 Å². The minimum absolute atomic E-state index is 0. The van der Waals surface area contributed by atoms with Gasteiger partial charge in [0, 0.05) is 37.7 Å². The van der Waals surface area contributed by atoms with E-state index in [0.29, 0.717) is 0 Å². The molecule has 1 unspecified atom stereocenters. The van der Waals surface area contributed by atoms with Crippen LogP contribution in [0.25, 0.3) is 0 Å². The van der Waals surface area contributed by atoms with Crippen molar-refractivity contribution in [3.05, 3.63) is 11.9 Å². The zero-order valence-corrected chi connectivity index (χ0v) is 7.36. The summed E-state index contributed by atoms with van der Waals surface area (Å²) in [7, 11) is -0.646. The van der Waals surface area contributed by atoms with Crippen molar-refractivity contribution in [3.63, 3.8) is 0 Å². The molecule has 0 aliphatic carbocycles. The summed E-state index contributed by atoms with van der Waals surface area (Å²) < 4.78 is 0. The third-order valence-corrected chi connectivity index (χ3v) is 2.07. The van der Waals surface area contributed by atoms with Gasteiger partial charge in [-0.1, -0.05) is 6.08 Å². The van der Waals surface area contributed by atoms with E-state index < -0.39 is 8.15 Å². The van der Waals surface area contributed by atoms with Gasteiger partial charge in [-0.25, -0.2) is 0 Å². The molecule has 1 rings (SSSR count). The van der Waals surface area contributed by atoms with Crippen LogP contribution in [0.2, 0.25) is 0 Å². The molecule has 1 nitrogen and oxygen atoms in total. The molecule has 1 aliphatic rings. The Balaban J connectivity index is 0.000000360. The van der Waals surface area contributed by atoms with E-state index in [1.54, 1.807) is 0 Å². The number of hydrogen-bond donors (Lipinski definition) is 1. The van der Waals surface area contributed by atoms with Crippen molar-refractivity contribution >= 4 is 37.7 Å². The van der Waals surface area contributed by atoms with Crippen LogP contribution in [0.1, 0.15) is 6.42 Å². The molecular formula is C4H7NaOP. The Kier molecular flexibility index (Phi) is 4.71. The Labute approximate surface area is 66.9 Å². The Hall–Kier alpha value is 1.13. The maximum Gasteiger partial charge on any atom is 0.0489 e. The second-order valence-corrected chi connectivity index (χ2v) is 2.96. The van der Waals surface area contributed by atoms with Crippen LogP contribution >= 0.6 is 8.15 Å². The van der Waals surface area contributed by atoms with Crippen molar-refractivity contribution in [1.29, 1.82) is 0 Å². The number of rotatable bonds is 0. The number of hydrogen-bond acceptors (Lipinski definition) is 1. The van der Waals surface area contributed by atoms with E-state index in [-0.39, 0.29) is 29.6 Å². The Morgan fingerprint density at radius 3 is 2.43 bits per heavy atom. The van der Waals surface area contributed by atoms with Crippen molar-refractivity contribution in [1.82, 2.24) is 0 Å². The first-order chi connectivity index (χ1) is 2.89. The van der Waals surface area contributed by atoms with E-state index in [1.807, 2.05) is 11.9 Å². The maximum atomic E-state index is 8.71. The van der Waals surface area contributed by atoms with Gasteiger partial charge in [0.05, 0.1) is 0 Å². The van der Waals surface area contributed by atoms with Crippen LogP contribution in [0.15, 0.2) is 11.9 Å². The minimum Gasteiger partial charge on any atom is -0.370 e. The normalized spacial score (nSPS) is 27.3. The van der Waals surface area contributed by atoms with Gasteiger partial charge in [-0.05, 0) is 18.4 Å². The average Bonchev–Trinajstić information content (AvgIpc) is 1.86. The second-order valence-electron chi connectivity index (χ2n) is 1.34.